The predicted octanol–water partition coefficient (Wildman–Crippen LogP) is 3.60. The van der Waals surface area contributed by atoms with Gasteiger partial charge in [0.25, 0.3) is 0 Å². The van der Waals surface area contributed by atoms with Gasteiger partial charge in [0.2, 0.25) is 11.8 Å². The van der Waals surface area contributed by atoms with Gasteiger partial charge in [-0.15, -0.1) is 24.9 Å². The molecule has 3 saturated heterocycles. The Kier molecular flexibility index (Phi) is 9.10. The van der Waals surface area contributed by atoms with Crippen molar-refractivity contribution in [3.63, 3.8) is 0 Å². The van der Waals surface area contributed by atoms with Gasteiger partial charge in [-0.05, 0) is 38.7 Å². The van der Waals surface area contributed by atoms with Gasteiger partial charge in [-0.3, -0.25) is 14.4 Å². The third kappa shape index (κ3) is 4.97. The van der Waals surface area contributed by atoms with Crippen LogP contribution in [0.3, 0.4) is 0 Å². The lowest BCUT2D eigenvalue weighted by Crippen LogP contribution is -2.59. The number of alkyl halides is 1. The topological polar surface area (TPSA) is 87.2 Å². The molecular formula is C29H37BrN2O5S. The summed E-state index contributed by atoms with van der Waals surface area (Å²) in [4.78, 5) is 45.4. The number of nitrogens with zero attached hydrogens (tertiary/aromatic N) is 2. The number of benzene rings is 1. The maximum absolute atomic E-state index is 14.4. The molecule has 206 valence electrons. The van der Waals surface area contributed by atoms with Crippen molar-refractivity contribution in [2.45, 2.75) is 66.1 Å². The first-order valence-corrected chi connectivity index (χ1v) is 15.0. The number of aliphatic hydroxyl groups excluding tert-OH is 1. The van der Waals surface area contributed by atoms with Gasteiger partial charge < -0.3 is 19.6 Å². The standard InChI is InChI=1S/C29H37BrN2O5S/c1-5-7-14-37-28(36)22-23-26(34)32(20(17-33)15-19-11-9-8-10-12-19)25(27(35)31(13-6-2)18(3)4)29(23)16-21(30)24(22)38-29/h5-6,8-12,18,20-25,33H,1-2,7,13-17H2,3-4H3/t20-,21?,22-,23+,24-,25?,29?/m1/s1. The van der Waals surface area contributed by atoms with E-state index in [4.69, 9.17) is 4.74 Å². The first-order valence-electron chi connectivity index (χ1n) is 13.2. The van der Waals surface area contributed by atoms with E-state index in [0.29, 0.717) is 25.8 Å². The molecule has 2 bridgehead atoms. The van der Waals surface area contributed by atoms with Crippen LogP contribution in [0.4, 0.5) is 0 Å². The molecule has 3 unspecified atom stereocenters. The molecule has 1 aromatic carbocycles. The third-order valence-corrected chi connectivity index (χ3v) is 11.2. The van der Waals surface area contributed by atoms with Gasteiger partial charge in [0.1, 0.15) is 6.04 Å². The molecule has 7 nitrogen and oxygen atoms in total. The Labute approximate surface area is 237 Å². The lowest BCUT2D eigenvalue weighted by Gasteiger charge is -2.41. The number of ether oxygens (including phenoxy) is 1. The average Bonchev–Trinajstić information content (AvgIpc) is 3.49. The minimum absolute atomic E-state index is 0.0441. The van der Waals surface area contributed by atoms with E-state index in [1.165, 1.54) is 0 Å². The zero-order valence-corrected chi connectivity index (χ0v) is 24.4. The number of esters is 1. The summed E-state index contributed by atoms with van der Waals surface area (Å²) in [6.07, 6.45) is 4.88. The monoisotopic (exact) mass is 604 g/mol. The maximum Gasteiger partial charge on any atom is 0.310 e. The van der Waals surface area contributed by atoms with Gasteiger partial charge in [0.15, 0.2) is 0 Å². The van der Waals surface area contributed by atoms with Crippen LogP contribution in [0.15, 0.2) is 55.6 Å². The molecule has 7 atom stereocenters. The summed E-state index contributed by atoms with van der Waals surface area (Å²) in [5.41, 5.74) is 0.961. The van der Waals surface area contributed by atoms with Gasteiger partial charge >= 0.3 is 5.97 Å². The van der Waals surface area contributed by atoms with Crippen molar-refractivity contribution in [1.29, 1.82) is 0 Å². The van der Waals surface area contributed by atoms with Gasteiger partial charge in [-0.2, -0.15) is 0 Å². The summed E-state index contributed by atoms with van der Waals surface area (Å²) in [6.45, 7) is 11.7. The highest BCUT2D eigenvalue weighted by molar-refractivity contribution is 9.09. The number of rotatable bonds is 12. The molecule has 9 heteroatoms. The summed E-state index contributed by atoms with van der Waals surface area (Å²) in [5.74, 6) is -2.19. The number of amides is 2. The van der Waals surface area contributed by atoms with E-state index in [2.05, 4.69) is 29.1 Å². The predicted molar refractivity (Wildman–Crippen MR) is 153 cm³/mol. The lowest BCUT2D eigenvalue weighted by molar-refractivity contribution is -0.154. The number of thioether (sulfide) groups is 1. The van der Waals surface area contributed by atoms with E-state index < -0.39 is 34.6 Å². The number of fused-ring (bicyclic) bond motifs is 1. The van der Waals surface area contributed by atoms with Crippen molar-refractivity contribution >= 4 is 45.5 Å². The number of aliphatic hydroxyl groups is 1. The Balaban J connectivity index is 1.78. The van der Waals surface area contributed by atoms with Crippen LogP contribution < -0.4 is 0 Å². The number of likely N-dealkylation sites (tertiary alicyclic amines) is 1. The highest BCUT2D eigenvalue weighted by Crippen LogP contribution is 2.68. The van der Waals surface area contributed by atoms with Crippen molar-refractivity contribution in [3.8, 4) is 0 Å². The second kappa shape index (κ2) is 12.0. The van der Waals surface area contributed by atoms with Gasteiger partial charge in [0, 0.05) is 22.7 Å². The zero-order chi connectivity index (χ0) is 27.6. The largest absolute Gasteiger partial charge is 0.465 e. The molecule has 3 fully saturated rings. The summed E-state index contributed by atoms with van der Waals surface area (Å²) < 4.78 is 4.79. The Morgan fingerprint density at radius 3 is 2.61 bits per heavy atom. The minimum atomic E-state index is -0.816. The second-order valence-corrected chi connectivity index (χ2v) is 13.3. The van der Waals surface area contributed by atoms with Gasteiger partial charge in [-0.25, -0.2) is 0 Å². The van der Waals surface area contributed by atoms with Gasteiger partial charge in [0.05, 0.1) is 35.8 Å². The summed E-state index contributed by atoms with van der Waals surface area (Å²) in [7, 11) is 0. The number of carbonyl (C=O) groups is 3. The van der Waals surface area contributed by atoms with Crippen LogP contribution in [0.1, 0.15) is 32.3 Å². The molecule has 4 rings (SSSR count). The molecule has 0 aromatic heterocycles. The van der Waals surface area contributed by atoms with Crippen molar-refractivity contribution in [3.05, 3.63) is 61.2 Å². The molecule has 0 aliphatic carbocycles. The average molecular weight is 606 g/mol. The lowest BCUT2D eigenvalue weighted by atomic mass is 9.71. The van der Waals surface area contributed by atoms with E-state index in [-0.39, 0.29) is 41.1 Å². The molecule has 0 saturated carbocycles. The number of carbonyl (C=O) groups excluding carboxylic acids is 3. The Morgan fingerprint density at radius 1 is 1.29 bits per heavy atom. The first-order chi connectivity index (χ1) is 18.2. The fourth-order valence-corrected chi connectivity index (χ4v) is 9.92. The van der Waals surface area contributed by atoms with E-state index in [1.54, 1.807) is 33.7 Å². The molecule has 1 spiro atoms. The van der Waals surface area contributed by atoms with Crippen LogP contribution in [-0.2, 0) is 25.5 Å². The Hall–Kier alpha value is -2.10. The maximum atomic E-state index is 14.4. The van der Waals surface area contributed by atoms with Gasteiger partial charge in [-0.1, -0.05) is 58.4 Å². The summed E-state index contributed by atoms with van der Waals surface area (Å²) >= 11 is 5.35. The smallest absolute Gasteiger partial charge is 0.310 e. The summed E-state index contributed by atoms with van der Waals surface area (Å²) in [6, 6.07) is 8.11. The fraction of sp³-hybridized carbons (Fsp3) is 0.552. The Bertz CT molecular complexity index is 1070. The van der Waals surface area contributed by atoms with Crippen molar-refractivity contribution < 1.29 is 24.2 Å². The SMILES string of the molecule is C=CCCOC(=O)[C@H]1[C@@H]2SC3(CC2Br)C(C(=O)N(CC=C)C(C)C)N([C@@H](CO)Cc2ccccc2)C(=O)[C@H]13. The summed E-state index contributed by atoms with van der Waals surface area (Å²) in [5, 5.41) is 10.4. The molecule has 3 aliphatic heterocycles. The molecule has 38 heavy (non-hydrogen) atoms. The van der Waals surface area contributed by atoms with Crippen LogP contribution in [-0.4, -0.2) is 85.4 Å². The number of hydrogen-bond acceptors (Lipinski definition) is 6. The van der Waals surface area contributed by atoms with Crippen molar-refractivity contribution in [1.82, 2.24) is 9.80 Å². The highest BCUT2D eigenvalue weighted by atomic mass is 79.9. The molecule has 0 radical (unpaired) electrons. The normalized spacial score (nSPS) is 30.3. The molecule has 2 amide bonds. The molecule has 3 aliphatic rings. The van der Waals surface area contributed by atoms with Crippen LogP contribution in [0, 0.1) is 11.8 Å². The molecule has 1 aromatic rings. The quantitative estimate of drug-likeness (QED) is 0.170. The van der Waals surface area contributed by atoms with E-state index in [1.807, 2.05) is 44.2 Å². The van der Waals surface area contributed by atoms with Crippen LogP contribution in [0.25, 0.3) is 0 Å². The van der Waals surface area contributed by atoms with E-state index in [0.717, 1.165) is 5.56 Å². The second-order valence-electron chi connectivity index (χ2n) is 10.6. The minimum Gasteiger partial charge on any atom is -0.465 e. The van der Waals surface area contributed by atoms with Crippen LogP contribution >= 0.6 is 27.7 Å². The van der Waals surface area contributed by atoms with Crippen molar-refractivity contribution in [2.75, 3.05) is 19.8 Å². The van der Waals surface area contributed by atoms with Crippen molar-refractivity contribution in [2.24, 2.45) is 11.8 Å². The molecule has 3 heterocycles. The van der Waals surface area contributed by atoms with Crippen LogP contribution in [0.5, 0.6) is 0 Å². The van der Waals surface area contributed by atoms with E-state index in [9.17, 15) is 19.5 Å². The molecular weight excluding hydrogens is 568 g/mol. The highest BCUT2D eigenvalue weighted by Gasteiger charge is 2.76. The number of halogens is 1. The third-order valence-electron chi connectivity index (χ3n) is 7.95. The Morgan fingerprint density at radius 2 is 2.00 bits per heavy atom. The fourth-order valence-electron chi connectivity index (χ4n) is 6.34. The molecule has 1 N–H and O–H groups in total. The van der Waals surface area contributed by atoms with E-state index >= 15 is 0 Å². The van der Waals surface area contributed by atoms with Crippen LogP contribution in [0.2, 0.25) is 0 Å². The number of hydrogen-bond donors (Lipinski definition) is 1. The first kappa shape index (κ1) is 28.9. The zero-order valence-electron chi connectivity index (χ0n) is 22.0.